The smallest absolute Gasteiger partial charge is 0.238 e. The first-order valence-electron chi connectivity index (χ1n) is 12.1. The number of piperazine rings is 1. The molecule has 5 rings (SSSR count). The normalized spacial score (nSPS) is 18.5. The number of hydrogen-bond donors (Lipinski definition) is 2. The van der Waals surface area contributed by atoms with E-state index in [9.17, 15) is 9.59 Å². The molecule has 7 heteroatoms. The van der Waals surface area contributed by atoms with Gasteiger partial charge in [-0.3, -0.25) is 19.4 Å². The molecule has 7 nitrogen and oxygen atoms in total. The SMILES string of the molecule is CCn1c2ccccc2c2cc(NC(=O)CN3CCN(C(C)C(=O)NC4CC4)CC3)ccc21. The van der Waals surface area contributed by atoms with Gasteiger partial charge in [-0.1, -0.05) is 18.2 Å². The monoisotopic (exact) mass is 447 g/mol. The van der Waals surface area contributed by atoms with E-state index in [1.165, 1.54) is 16.4 Å². The molecule has 174 valence electrons. The average molecular weight is 448 g/mol. The van der Waals surface area contributed by atoms with Gasteiger partial charge in [0.15, 0.2) is 0 Å². The van der Waals surface area contributed by atoms with Gasteiger partial charge >= 0.3 is 0 Å². The van der Waals surface area contributed by atoms with Crippen molar-refractivity contribution in [3.05, 3.63) is 42.5 Å². The Morgan fingerprint density at radius 3 is 2.45 bits per heavy atom. The lowest BCUT2D eigenvalue weighted by molar-refractivity contribution is -0.127. The van der Waals surface area contributed by atoms with Crippen LogP contribution in [0.15, 0.2) is 42.5 Å². The van der Waals surface area contributed by atoms with E-state index in [2.05, 4.69) is 68.3 Å². The summed E-state index contributed by atoms with van der Waals surface area (Å²) in [5, 5.41) is 8.55. The fourth-order valence-corrected chi connectivity index (χ4v) is 4.90. The van der Waals surface area contributed by atoms with Gasteiger partial charge in [0, 0.05) is 66.3 Å². The fraction of sp³-hybridized carbons (Fsp3) is 0.462. The van der Waals surface area contributed by atoms with Gasteiger partial charge in [0.2, 0.25) is 11.8 Å². The summed E-state index contributed by atoms with van der Waals surface area (Å²) in [4.78, 5) is 29.5. The molecule has 1 saturated heterocycles. The van der Waals surface area contributed by atoms with Gasteiger partial charge in [-0.2, -0.15) is 0 Å². The molecule has 0 spiro atoms. The van der Waals surface area contributed by atoms with Crippen LogP contribution in [0, 0.1) is 0 Å². The van der Waals surface area contributed by atoms with Crippen molar-refractivity contribution in [1.29, 1.82) is 0 Å². The Morgan fingerprint density at radius 2 is 1.73 bits per heavy atom. The number of carbonyl (C=O) groups excluding carboxylic acids is 2. The molecule has 2 fully saturated rings. The summed E-state index contributed by atoms with van der Waals surface area (Å²) in [5.41, 5.74) is 3.24. The molecule has 1 saturated carbocycles. The Labute approximate surface area is 194 Å². The molecule has 1 aliphatic carbocycles. The van der Waals surface area contributed by atoms with E-state index in [4.69, 9.17) is 0 Å². The largest absolute Gasteiger partial charge is 0.352 e. The highest BCUT2D eigenvalue weighted by Crippen LogP contribution is 2.31. The van der Waals surface area contributed by atoms with E-state index < -0.39 is 0 Å². The number of hydrogen-bond acceptors (Lipinski definition) is 4. The number of anilines is 1. The Bertz CT molecular complexity index is 1170. The van der Waals surface area contributed by atoms with E-state index in [-0.39, 0.29) is 17.9 Å². The summed E-state index contributed by atoms with van der Waals surface area (Å²) in [5.74, 6) is 0.130. The lowest BCUT2D eigenvalue weighted by atomic mass is 10.1. The number of nitrogens with zero attached hydrogens (tertiary/aromatic N) is 3. The van der Waals surface area contributed by atoms with Crippen LogP contribution < -0.4 is 10.6 Å². The molecule has 2 heterocycles. The van der Waals surface area contributed by atoms with Crippen molar-refractivity contribution in [1.82, 2.24) is 19.7 Å². The molecular weight excluding hydrogens is 414 g/mol. The van der Waals surface area contributed by atoms with Crippen molar-refractivity contribution >= 4 is 39.3 Å². The van der Waals surface area contributed by atoms with Gasteiger partial charge in [0.1, 0.15) is 0 Å². The Balaban J connectivity index is 1.18. The fourth-order valence-electron chi connectivity index (χ4n) is 4.90. The minimum absolute atomic E-state index is 0.00144. The molecule has 1 aromatic heterocycles. The highest BCUT2D eigenvalue weighted by Gasteiger charge is 2.30. The van der Waals surface area contributed by atoms with E-state index in [0.29, 0.717) is 12.6 Å². The molecule has 1 atom stereocenters. The second-order valence-corrected chi connectivity index (χ2v) is 9.31. The number of para-hydroxylation sites is 1. The Hall–Kier alpha value is -2.90. The lowest BCUT2D eigenvalue weighted by Gasteiger charge is -2.37. The average Bonchev–Trinajstić information content (AvgIpc) is 3.58. The quantitative estimate of drug-likeness (QED) is 0.584. The number of amides is 2. The zero-order valence-corrected chi connectivity index (χ0v) is 19.5. The van der Waals surface area contributed by atoms with Crippen LogP contribution in [0.3, 0.4) is 0 Å². The van der Waals surface area contributed by atoms with Crippen LogP contribution in [0.1, 0.15) is 26.7 Å². The second kappa shape index (κ2) is 9.15. The van der Waals surface area contributed by atoms with Crippen molar-refractivity contribution in [2.45, 2.75) is 45.3 Å². The van der Waals surface area contributed by atoms with Gasteiger partial charge < -0.3 is 15.2 Å². The summed E-state index contributed by atoms with van der Waals surface area (Å²) >= 11 is 0. The first kappa shape index (κ1) is 21.9. The molecule has 2 N–H and O–H groups in total. The maximum Gasteiger partial charge on any atom is 0.238 e. The summed E-state index contributed by atoms with van der Waals surface area (Å²) in [6, 6.07) is 14.9. The number of aromatic nitrogens is 1. The molecule has 2 amide bonds. The third-order valence-corrected chi connectivity index (χ3v) is 7.00. The van der Waals surface area contributed by atoms with Crippen molar-refractivity contribution in [3.8, 4) is 0 Å². The topological polar surface area (TPSA) is 69.6 Å². The number of benzene rings is 2. The van der Waals surface area contributed by atoms with Crippen LogP contribution >= 0.6 is 0 Å². The number of fused-ring (bicyclic) bond motifs is 3. The minimum atomic E-state index is -0.112. The predicted octanol–water partition coefficient (Wildman–Crippen LogP) is 3.04. The zero-order valence-electron chi connectivity index (χ0n) is 19.5. The van der Waals surface area contributed by atoms with E-state index >= 15 is 0 Å². The number of rotatable bonds is 7. The summed E-state index contributed by atoms with van der Waals surface area (Å²) in [7, 11) is 0. The predicted molar refractivity (Wildman–Crippen MR) is 132 cm³/mol. The Kier molecular flexibility index (Phi) is 6.08. The van der Waals surface area contributed by atoms with Crippen LogP contribution in [-0.4, -0.2) is 71.0 Å². The summed E-state index contributed by atoms with van der Waals surface area (Å²) < 4.78 is 2.31. The zero-order chi connectivity index (χ0) is 22.9. The summed E-state index contributed by atoms with van der Waals surface area (Å²) in [6.07, 6.45) is 2.21. The molecule has 2 aromatic carbocycles. The molecule has 33 heavy (non-hydrogen) atoms. The minimum Gasteiger partial charge on any atom is -0.352 e. The van der Waals surface area contributed by atoms with Crippen LogP contribution in [0.2, 0.25) is 0 Å². The van der Waals surface area contributed by atoms with Gasteiger partial charge in [0.05, 0.1) is 12.6 Å². The van der Waals surface area contributed by atoms with E-state index in [1.54, 1.807) is 0 Å². The standard InChI is InChI=1S/C26H33N5O2/c1-3-31-23-7-5-4-6-21(23)22-16-20(10-11-24(22)31)27-25(32)17-29-12-14-30(15-13-29)18(2)26(33)28-19-8-9-19/h4-7,10-11,16,18-19H,3,8-9,12-15,17H2,1-2H3,(H,27,32)(H,28,33). The van der Waals surface area contributed by atoms with Crippen LogP contribution in [0.4, 0.5) is 5.69 Å². The second-order valence-electron chi connectivity index (χ2n) is 9.31. The molecule has 3 aromatic rings. The maximum absolute atomic E-state index is 12.8. The maximum atomic E-state index is 12.8. The van der Waals surface area contributed by atoms with Crippen molar-refractivity contribution in [2.75, 3.05) is 38.0 Å². The van der Waals surface area contributed by atoms with Crippen LogP contribution in [0.25, 0.3) is 21.8 Å². The van der Waals surface area contributed by atoms with Crippen LogP contribution in [-0.2, 0) is 16.1 Å². The highest BCUT2D eigenvalue weighted by atomic mass is 16.2. The van der Waals surface area contributed by atoms with Gasteiger partial charge in [-0.05, 0) is 51.0 Å². The third-order valence-electron chi connectivity index (χ3n) is 7.00. The first-order chi connectivity index (χ1) is 16.0. The molecule has 0 bridgehead atoms. The highest BCUT2D eigenvalue weighted by molar-refractivity contribution is 6.09. The van der Waals surface area contributed by atoms with Gasteiger partial charge in [-0.25, -0.2) is 0 Å². The van der Waals surface area contributed by atoms with Crippen LogP contribution in [0.5, 0.6) is 0 Å². The lowest BCUT2D eigenvalue weighted by Crippen LogP contribution is -2.55. The van der Waals surface area contributed by atoms with Crippen molar-refractivity contribution in [2.24, 2.45) is 0 Å². The molecule has 1 unspecified atom stereocenters. The van der Waals surface area contributed by atoms with E-state index in [1.807, 2.05) is 13.0 Å². The first-order valence-corrected chi connectivity index (χ1v) is 12.1. The molecule has 0 radical (unpaired) electrons. The Morgan fingerprint density at radius 1 is 1.00 bits per heavy atom. The van der Waals surface area contributed by atoms with E-state index in [0.717, 1.165) is 56.6 Å². The number of nitrogens with one attached hydrogen (secondary N) is 2. The molecular formula is C26H33N5O2. The number of carbonyl (C=O) groups is 2. The van der Waals surface area contributed by atoms with Gasteiger partial charge in [-0.15, -0.1) is 0 Å². The molecule has 2 aliphatic rings. The summed E-state index contributed by atoms with van der Waals surface area (Å²) in [6.45, 7) is 8.58. The molecule has 1 aliphatic heterocycles. The van der Waals surface area contributed by atoms with Gasteiger partial charge in [0.25, 0.3) is 0 Å². The third kappa shape index (κ3) is 4.61. The van der Waals surface area contributed by atoms with Crippen molar-refractivity contribution < 1.29 is 9.59 Å². The number of aryl methyl sites for hydroxylation is 1. The van der Waals surface area contributed by atoms with Crippen molar-refractivity contribution in [3.63, 3.8) is 0 Å².